The second-order valence-corrected chi connectivity index (χ2v) is 4.61. The maximum absolute atomic E-state index is 12.1. The first-order valence-corrected chi connectivity index (χ1v) is 6.55. The number of aromatic nitrogens is 4. The summed E-state index contributed by atoms with van der Waals surface area (Å²) in [5.74, 6) is -2.38. The van der Waals surface area contributed by atoms with Crippen molar-refractivity contribution in [3.05, 3.63) is 36.3 Å². The number of fused-ring (bicyclic) bond motifs is 1. The van der Waals surface area contributed by atoms with Gasteiger partial charge < -0.3 is 15.5 Å². The van der Waals surface area contributed by atoms with E-state index in [1.807, 2.05) is 0 Å². The number of carbonyl (C=O) groups is 2. The minimum absolute atomic E-state index is 0.291. The Morgan fingerprint density at radius 2 is 2.13 bits per heavy atom. The zero-order valence-electron chi connectivity index (χ0n) is 11.6. The number of hydrogen-bond acceptors (Lipinski definition) is 6. The summed E-state index contributed by atoms with van der Waals surface area (Å²) in [6.07, 6.45) is 2.92. The lowest BCUT2D eigenvalue weighted by molar-refractivity contribution is -0.135. The molecule has 3 rings (SSSR count). The van der Waals surface area contributed by atoms with Gasteiger partial charge in [-0.05, 0) is 12.1 Å². The van der Waals surface area contributed by atoms with Gasteiger partial charge in [-0.15, -0.1) is 0 Å². The summed E-state index contributed by atoms with van der Waals surface area (Å²) in [5.41, 5.74) is 0.946. The summed E-state index contributed by atoms with van der Waals surface area (Å²) in [7, 11) is 0. The van der Waals surface area contributed by atoms with Crippen molar-refractivity contribution in [2.24, 2.45) is 0 Å². The minimum Gasteiger partial charge on any atom is -0.505 e. The Balaban J connectivity index is 2.14. The van der Waals surface area contributed by atoms with Gasteiger partial charge in [0, 0.05) is 6.20 Å². The van der Waals surface area contributed by atoms with Crippen molar-refractivity contribution in [1.29, 1.82) is 0 Å². The Morgan fingerprint density at radius 3 is 2.83 bits per heavy atom. The summed E-state index contributed by atoms with van der Waals surface area (Å²) in [4.78, 5) is 30.9. The third-order valence-electron chi connectivity index (χ3n) is 3.10. The fraction of sp³-hybridized carbons (Fsp3) is 0.0714. The van der Waals surface area contributed by atoms with E-state index >= 15 is 0 Å². The van der Waals surface area contributed by atoms with E-state index in [1.54, 1.807) is 24.4 Å². The molecule has 4 N–H and O–H groups in total. The molecule has 3 heterocycles. The molecule has 1 amide bonds. The molecule has 9 heteroatoms. The van der Waals surface area contributed by atoms with Gasteiger partial charge in [0.05, 0.1) is 22.8 Å². The van der Waals surface area contributed by atoms with Gasteiger partial charge in [0.25, 0.3) is 5.91 Å². The van der Waals surface area contributed by atoms with Gasteiger partial charge in [0.15, 0.2) is 11.4 Å². The second kappa shape index (κ2) is 5.72. The summed E-state index contributed by atoms with van der Waals surface area (Å²) in [6, 6.07) is 5.18. The Kier molecular flexibility index (Phi) is 3.59. The SMILES string of the molecule is O=C(O)CNC(=O)c1nc(-c2ccccn2)c2[nH]ncc2c1O. The highest BCUT2D eigenvalue weighted by molar-refractivity contribution is 6.04. The van der Waals surface area contributed by atoms with Crippen molar-refractivity contribution < 1.29 is 19.8 Å². The number of carboxylic acid groups (broad SMARTS) is 1. The van der Waals surface area contributed by atoms with Gasteiger partial charge in [0.2, 0.25) is 0 Å². The maximum atomic E-state index is 12.1. The van der Waals surface area contributed by atoms with Gasteiger partial charge in [-0.1, -0.05) is 6.07 Å². The number of pyridine rings is 2. The quantitative estimate of drug-likeness (QED) is 0.550. The highest BCUT2D eigenvalue weighted by atomic mass is 16.4. The molecule has 116 valence electrons. The number of amides is 1. The molecule has 0 atom stereocenters. The fourth-order valence-electron chi connectivity index (χ4n) is 2.08. The van der Waals surface area contributed by atoms with Crippen molar-refractivity contribution in [2.45, 2.75) is 0 Å². The molecule has 0 unspecified atom stereocenters. The van der Waals surface area contributed by atoms with Crippen LogP contribution in [0.4, 0.5) is 0 Å². The summed E-state index contributed by atoms with van der Waals surface area (Å²) >= 11 is 0. The van der Waals surface area contributed by atoms with Crippen LogP contribution in [0.3, 0.4) is 0 Å². The Bertz CT molecular complexity index is 891. The molecule has 23 heavy (non-hydrogen) atoms. The number of H-pyrrole nitrogens is 1. The van der Waals surface area contributed by atoms with Gasteiger partial charge in [0.1, 0.15) is 12.2 Å². The lowest BCUT2D eigenvalue weighted by Gasteiger charge is -2.08. The van der Waals surface area contributed by atoms with Crippen LogP contribution >= 0.6 is 0 Å². The topological polar surface area (TPSA) is 141 Å². The van der Waals surface area contributed by atoms with Crippen LogP contribution < -0.4 is 5.32 Å². The molecule has 0 aliphatic rings. The average molecular weight is 313 g/mol. The molecule has 3 aromatic rings. The van der Waals surface area contributed by atoms with E-state index in [-0.39, 0.29) is 11.4 Å². The number of aliphatic carboxylic acids is 1. The Labute approximate surface area is 129 Å². The predicted molar refractivity (Wildman–Crippen MR) is 78.8 cm³/mol. The first-order chi connectivity index (χ1) is 11.1. The van der Waals surface area contributed by atoms with Crippen molar-refractivity contribution in [2.75, 3.05) is 6.54 Å². The number of carboxylic acids is 1. The lowest BCUT2D eigenvalue weighted by Crippen LogP contribution is -2.30. The number of rotatable bonds is 4. The van der Waals surface area contributed by atoms with E-state index in [0.717, 1.165) is 0 Å². The van der Waals surface area contributed by atoms with Crippen LogP contribution in [0.5, 0.6) is 5.75 Å². The van der Waals surface area contributed by atoms with Crippen molar-refractivity contribution in [3.63, 3.8) is 0 Å². The standard InChI is InChI=1S/C14H11N5O4/c20-9(21)6-16-14(23)12-13(22)7-5-17-19-10(7)11(18-12)8-3-1-2-4-15-8/h1-5,22H,6H2,(H,16,23)(H,17,19)(H,20,21). The predicted octanol–water partition coefficient (Wildman–Crippen LogP) is 0.540. The molecule has 0 radical (unpaired) electrons. The van der Waals surface area contributed by atoms with E-state index < -0.39 is 18.4 Å². The first-order valence-electron chi connectivity index (χ1n) is 6.55. The van der Waals surface area contributed by atoms with Crippen LogP contribution in [0.15, 0.2) is 30.6 Å². The van der Waals surface area contributed by atoms with Gasteiger partial charge in [-0.3, -0.25) is 19.7 Å². The number of carbonyl (C=O) groups excluding carboxylic acids is 1. The zero-order valence-corrected chi connectivity index (χ0v) is 11.6. The molecule has 0 aliphatic heterocycles. The number of nitrogens with one attached hydrogen (secondary N) is 2. The number of aromatic hydroxyl groups is 1. The monoisotopic (exact) mass is 313 g/mol. The molecule has 0 bridgehead atoms. The molecule has 0 fully saturated rings. The minimum atomic E-state index is -1.20. The van der Waals surface area contributed by atoms with Crippen LogP contribution in [-0.4, -0.2) is 48.8 Å². The highest BCUT2D eigenvalue weighted by Crippen LogP contribution is 2.32. The number of nitrogens with zero attached hydrogens (tertiary/aromatic N) is 3. The van der Waals surface area contributed by atoms with Crippen molar-refractivity contribution in [1.82, 2.24) is 25.5 Å². The smallest absolute Gasteiger partial charge is 0.322 e. The van der Waals surface area contributed by atoms with Crippen molar-refractivity contribution in [3.8, 4) is 17.1 Å². The number of hydrogen-bond donors (Lipinski definition) is 4. The molecule has 0 spiro atoms. The maximum Gasteiger partial charge on any atom is 0.322 e. The van der Waals surface area contributed by atoms with Gasteiger partial charge in [-0.2, -0.15) is 5.10 Å². The summed E-state index contributed by atoms with van der Waals surface area (Å²) in [6.45, 7) is -0.581. The molecule has 3 aromatic heterocycles. The van der Waals surface area contributed by atoms with Gasteiger partial charge in [-0.25, -0.2) is 4.98 Å². The van der Waals surface area contributed by atoms with Gasteiger partial charge >= 0.3 is 5.97 Å². The Morgan fingerprint density at radius 1 is 1.30 bits per heavy atom. The Hall–Kier alpha value is -3.49. The van der Waals surface area contributed by atoms with E-state index in [2.05, 4.69) is 25.5 Å². The molecule has 0 saturated carbocycles. The normalized spacial score (nSPS) is 10.6. The highest BCUT2D eigenvalue weighted by Gasteiger charge is 2.21. The van der Waals surface area contributed by atoms with Crippen LogP contribution in [0.25, 0.3) is 22.3 Å². The lowest BCUT2D eigenvalue weighted by atomic mass is 10.1. The second-order valence-electron chi connectivity index (χ2n) is 4.61. The molecular weight excluding hydrogens is 302 g/mol. The third kappa shape index (κ3) is 2.67. The van der Waals surface area contributed by atoms with E-state index in [0.29, 0.717) is 22.3 Å². The number of aromatic amines is 1. The van der Waals surface area contributed by atoms with Crippen LogP contribution in [-0.2, 0) is 4.79 Å². The van der Waals surface area contributed by atoms with Crippen LogP contribution in [0.2, 0.25) is 0 Å². The zero-order chi connectivity index (χ0) is 16.4. The molecule has 0 aliphatic carbocycles. The molecule has 9 nitrogen and oxygen atoms in total. The van der Waals surface area contributed by atoms with Crippen molar-refractivity contribution >= 4 is 22.8 Å². The van der Waals surface area contributed by atoms with E-state index in [1.165, 1.54) is 6.20 Å². The summed E-state index contributed by atoms with van der Waals surface area (Å²) < 4.78 is 0. The van der Waals surface area contributed by atoms with Crippen LogP contribution in [0.1, 0.15) is 10.5 Å². The molecular formula is C14H11N5O4. The molecule has 0 aromatic carbocycles. The van der Waals surface area contributed by atoms with E-state index in [4.69, 9.17) is 5.11 Å². The van der Waals surface area contributed by atoms with E-state index in [9.17, 15) is 14.7 Å². The largest absolute Gasteiger partial charge is 0.505 e. The fourth-order valence-corrected chi connectivity index (χ4v) is 2.08. The third-order valence-corrected chi connectivity index (χ3v) is 3.10. The molecule has 0 saturated heterocycles. The first kappa shape index (κ1) is 14.4. The average Bonchev–Trinajstić information content (AvgIpc) is 3.04. The summed E-state index contributed by atoms with van der Waals surface area (Å²) in [5, 5.41) is 27.8. The van der Waals surface area contributed by atoms with Crippen LogP contribution in [0, 0.1) is 0 Å².